The second-order valence-electron chi connectivity index (χ2n) is 8.11. The fourth-order valence-corrected chi connectivity index (χ4v) is 4.35. The molecule has 3 unspecified atom stereocenters. The molecule has 4 rings (SSSR count). The molecule has 2 N–H and O–H groups in total. The molecule has 0 saturated carbocycles. The van der Waals surface area contributed by atoms with E-state index in [1.54, 1.807) is 0 Å². The van der Waals surface area contributed by atoms with Gasteiger partial charge in [-0.05, 0) is 31.0 Å². The zero-order chi connectivity index (χ0) is 19.5. The Balaban J connectivity index is 1.27. The number of hydrogen-bond acceptors (Lipinski definition) is 6. The molecule has 1 aromatic carbocycles. The van der Waals surface area contributed by atoms with Crippen LogP contribution in [0.2, 0.25) is 0 Å². The van der Waals surface area contributed by atoms with E-state index in [9.17, 15) is 4.79 Å². The highest BCUT2D eigenvalue weighted by atomic mass is 16.7. The molecule has 3 heterocycles. The molecule has 0 aromatic heterocycles. The number of hydrogen-bond donors (Lipinski definition) is 2. The van der Waals surface area contributed by atoms with Crippen LogP contribution >= 0.6 is 0 Å². The average molecular weight is 389 g/mol. The van der Waals surface area contributed by atoms with E-state index in [1.807, 2.05) is 6.07 Å². The summed E-state index contributed by atoms with van der Waals surface area (Å²) in [6.45, 7) is 9.38. The summed E-state index contributed by atoms with van der Waals surface area (Å²) in [5, 5.41) is 6.81. The van der Waals surface area contributed by atoms with Gasteiger partial charge >= 0.3 is 0 Å². The fraction of sp³-hybridized carbons (Fsp3) is 0.667. The van der Waals surface area contributed by atoms with Crippen molar-refractivity contribution in [1.82, 2.24) is 20.4 Å². The van der Waals surface area contributed by atoms with Crippen LogP contribution in [0.5, 0.6) is 11.5 Å². The number of carbonyl (C=O) groups excluding carboxylic acids is 1. The van der Waals surface area contributed by atoms with E-state index in [2.05, 4.69) is 46.4 Å². The number of fused-ring (bicyclic) bond motifs is 1. The molecule has 7 heteroatoms. The van der Waals surface area contributed by atoms with Gasteiger partial charge in [0, 0.05) is 38.8 Å². The van der Waals surface area contributed by atoms with Crippen molar-refractivity contribution in [3.05, 3.63) is 23.8 Å². The third-order valence-corrected chi connectivity index (χ3v) is 6.12. The smallest absolute Gasteiger partial charge is 0.231 e. The van der Waals surface area contributed by atoms with Crippen LogP contribution in [0.25, 0.3) is 0 Å². The Bertz CT molecular complexity index is 690. The van der Waals surface area contributed by atoms with E-state index in [4.69, 9.17) is 9.47 Å². The fourth-order valence-electron chi connectivity index (χ4n) is 4.35. The third kappa shape index (κ3) is 4.26. The SMILES string of the molecule is CCCCC1C(=O)NC(N2CCN(Cc3ccc4c(c3)OCO4)CC2)NC1C. The van der Waals surface area contributed by atoms with Crippen LogP contribution < -0.4 is 20.1 Å². The summed E-state index contributed by atoms with van der Waals surface area (Å²) < 4.78 is 10.9. The summed E-state index contributed by atoms with van der Waals surface area (Å²) >= 11 is 0. The summed E-state index contributed by atoms with van der Waals surface area (Å²) in [5.41, 5.74) is 1.24. The van der Waals surface area contributed by atoms with E-state index < -0.39 is 0 Å². The number of unbranched alkanes of at least 4 members (excludes halogenated alkanes) is 1. The molecule has 2 fully saturated rings. The van der Waals surface area contributed by atoms with Gasteiger partial charge in [0.25, 0.3) is 0 Å². The van der Waals surface area contributed by atoms with Crippen molar-refractivity contribution >= 4 is 5.91 Å². The molecule has 3 atom stereocenters. The van der Waals surface area contributed by atoms with Crippen molar-refractivity contribution in [2.45, 2.75) is 52.0 Å². The topological polar surface area (TPSA) is 66.1 Å². The Hall–Kier alpha value is -1.83. The molecule has 1 aromatic rings. The summed E-state index contributed by atoms with van der Waals surface area (Å²) in [6, 6.07) is 6.40. The minimum atomic E-state index is -0.0481. The zero-order valence-corrected chi connectivity index (χ0v) is 16.9. The van der Waals surface area contributed by atoms with E-state index in [0.717, 1.165) is 63.5 Å². The number of nitrogens with zero attached hydrogens (tertiary/aromatic N) is 2. The molecule has 3 aliphatic rings. The van der Waals surface area contributed by atoms with Gasteiger partial charge in [-0.15, -0.1) is 0 Å². The van der Waals surface area contributed by atoms with Gasteiger partial charge in [-0.25, -0.2) is 0 Å². The van der Waals surface area contributed by atoms with Crippen molar-refractivity contribution in [1.29, 1.82) is 0 Å². The van der Waals surface area contributed by atoms with Crippen LogP contribution in [-0.2, 0) is 11.3 Å². The molecule has 154 valence electrons. The molecular weight excluding hydrogens is 356 g/mol. The van der Waals surface area contributed by atoms with E-state index in [0.29, 0.717) is 6.79 Å². The van der Waals surface area contributed by atoms with Crippen molar-refractivity contribution in [3.8, 4) is 11.5 Å². The van der Waals surface area contributed by atoms with Crippen LogP contribution in [0.3, 0.4) is 0 Å². The minimum absolute atomic E-state index is 0.0481. The predicted octanol–water partition coefficient (Wildman–Crippen LogP) is 1.73. The standard InChI is InChI=1S/C21H32N4O3/c1-3-4-5-17-15(2)22-21(23-20(17)26)25-10-8-24(9-11-25)13-16-6-7-18-19(12-16)28-14-27-18/h6-7,12,15,17,21-22H,3-5,8-11,13-14H2,1-2H3,(H,23,26). The van der Waals surface area contributed by atoms with Gasteiger partial charge in [0.1, 0.15) is 6.29 Å². The van der Waals surface area contributed by atoms with Crippen LogP contribution in [0.4, 0.5) is 0 Å². The van der Waals surface area contributed by atoms with Crippen LogP contribution in [-0.4, -0.2) is 61.0 Å². The Morgan fingerprint density at radius 3 is 2.68 bits per heavy atom. The number of benzene rings is 1. The maximum atomic E-state index is 12.6. The molecule has 1 amide bonds. The Labute approximate surface area is 167 Å². The van der Waals surface area contributed by atoms with E-state index in [-0.39, 0.29) is 24.2 Å². The van der Waals surface area contributed by atoms with Gasteiger partial charge in [-0.1, -0.05) is 25.8 Å². The van der Waals surface area contributed by atoms with Crippen molar-refractivity contribution in [3.63, 3.8) is 0 Å². The van der Waals surface area contributed by atoms with E-state index in [1.165, 1.54) is 5.56 Å². The largest absolute Gasteiger partial charge is 0.454 e. The number of piperazine rings is 1. The molecule has 0 bridgehead atoms. The number of carbonyl (C=O) groups is 1. The van der Waals surface area contributed by atoms with Gasteiger partial charge in [-0.2, -0.15) is 0 Å². The lowest BCUT2D eigenvalue weighted by Gasteiger charge is -2.44. The van der Waals surface area contributed by atoms with Gasteiger partial charge in [0.2, 0.25) is 12.7 Å². The number of rotatable bonds is 6. The molecular formula is C21H32N4O3. The molecule has 0 spiro atoms. The van der Waals surface area contributed by atoms with Gasteiger partial charge < -0.3 is 14.8 Å². The van der Waals surface area contributed by atoms with Crippen LogP contribution in [0.1, 0.15) is 38.7 Å². The molecule has 28 heavy (non-hydrogen) atoms. The zero-order valence-electron chi connectivity index (χ0n) is 16.9. The maximum absolute atomic E-state index is 12.6. The maximum Gasteiger partial charge on any atom is 0.231 e. The summed E-state index contributed by atoms with van der Waals surface area (Å²) in [7, 11) is 0. The normalized spacial score (nSPS) is 28.4. The lowest BCUT2D eigenvalue weighted by molar-refractivity contribution is -0.133. The highest BCUT2D eigenvalue weighted by Gasteiger charge is 2.36. The first-order valence-electron chi connectivity index (χ1n) is 10.6. The average Bonchev–Trinajstić information content (AvgIpc) is 3.16. The predicted molar refractivity (Wildman–Crippen MR) is 107 cm³/mol. The monoisotopic (exact) mass is 388 g/mol. The highest BCUT2D eigenvalue weighted by molar-refractivity contribution is 5.80. The number of nitrogens with one attached hydrogen (secondary N) is 2. The Morgan fingerprint density at radius 2 is 1.93 bits per heavy atom. The molecule has 0 aliphatic carbocycles. The Kier molecular flexibility index (Phi) is 6.04. The van der Waals surface area contributed by atoms with Crippen LogP contribution in [0, 0.1) is 5.92 Å². The first kappa shape index (κ1) is 19.5. The molecule has 2 saturated heterocycles. The highest BCUT2D eigenvalue weighted by Crippen LogP contribution is 2.32. The number of amides is 1. The Morgan fingerprint density at radius 1 is 1.14 bits per heavy atom. The number of ether oxygens (including phenoxy) is 2. The van der Waals surface area contributed by atoms with Crippen molar-refractivity contribution in [2.75, 3.05) is 33.0 Å². The molecule has 0 radical (unpaired) electrons. The van der Waals surface area contributed by atoms with Gasteiger partial charge in [-0.3, -0.25) is 19.9 Å². The second-order valence-corrected chi connectivity index (χ2v) is 8.11. The van der Waals surface area contributed by atoms with Gasteiger partial charge in [0.05, 0.1) is 5.92 Å². The molecule has 3 aliphatic heterocycles. The summed E-state index contributed by atoms with van der Waals surface area (Å²) in [5.74, 6) is 1.96. The minimum Gasteiger partial charge on any atom is -0.454 e. The lowest BCUT2D eigenvalue weighted by Crippen LogP contribution is -2.68. The van der Waals surface area contributed by atoms with Crippen LogP contribution in [0.15, 0.2) is 18.2 Å². The summed E-state index contributed by atoms with van der Waals surface area (Å²) in [4.78, 5) is 17.4. The van der Waals surface area contributed by atoms with Crippen molar-refractivity contribution < 1.29 is 14.3 Å². The second kappa shape index (κ2) is 8.68. The summed E-state index contributed by atoms with van der Waals surface area (Å²) in [6.07, 6.45) is 3.15. The first-order valence-corrected chi connectivity index (χ1v) is 10.6. The van der Waals surface area contributed by atoms with Crippen molar-refractivity contribution in [2.24, 2.45) is 5.92 Å². The lowest BCUT2D eigenvalue weighted by atomic mass is 9.92. The van der Waals surface area contributed by atoms with E-state index >= 15 is 0 Å². The van der Waals surface area contributed by atoms with Gasteiger partial charge in [0.15, 0.2) is 11.5 Å². The third-order valence-electron chi connectivity index (χ3n) is 6.12. The first-order chi connectivity index (χ1) is 13.6. The quantitative estimate of drug-likeness (QED) is 0.774. The molecule has 7 nitrogen and oxygen atoms in total.